The van der Waals surface area contributed by atoms with Crippen LogP contribution in [0.2, 0.25) is 0 Å². The molecule has 17 heavy (non-hydrogen) atoms. The molecule has 1 saturated heterocycles. The van der Waals surface area contributed by atoms with Crippen LogP contribution in [0.1, 0.15) is 5.56 Å². The first-order chi connectivity index (χ1) is 8.24. The maximum Gasteiger partial charge on any atom is 0.168 e. The standard InChI is InChI=1S/C12H17N3OS/c13-12(17)14-11-3-1-10(2-4-11)9-15-5-7-16-8-6-15/h1-4H,5-9H2,(H3,13,14,17). The van der Waals surface area contributed by atoms with Crippen molar-refractivity contribution in [2.75, 3.05) is 31.6 Å². The van der Waals surface area contributed by atoms with Gasteiger partial charge < -0.3 is 15.8 Å². The van der Waals surface area contributed by atoms with E-state index in [1.165, 1.54) is 5.56 Å². The fourth-order valence-corrected chi connectivity index (χ4v) is 1.97. The Balaban J connectivity index is 1.90. The molecular weight excluding hydrogens is 234 g/mol. The van der Waals surface area contributed by atoms with Gasteiger partial charge in [0.05, 0.1) is 13.2 Å². The van der Waals surface area contributed by atoms with Crippen LogP contribution in [0.3, 0.4) is 0 Å². The van der Waals surface area contributed by atoms with Crippen molar-refractivity contribution < 1.29 is 4.74 Å². The highest BCUT2D eigenvalue weighted by molar-refractivity contribution is 7.80. The molecule has 1 aromatic carbocycles. The molecule has 0 unspecified atom stereocenters. The zero-order valence-corrected chi connectivity index (χ0v) is 10.5. The Morgan fingerprint density at radius 3 is 2.53 bits per heavy atom. The summed E-state index contributed by atoms with van der Waals surface area (Å²) >= 11 is 4.79. The lowest BCUT2D eigenvalue weighted by atomic mass is 10.2. The van der Waals surface area contributed by atoms with Gasteiger partial charge in [-0.1, -0.05) is 12.1 Å². The third-order valence-electron chi connectivity index (χ3n) is 2.73. The van der Waals surface area contributed by atoms with Gasteiger partial charge in [-0.2, -0.15) is 0 Å². The minimum Gasteiger partial charge on any atom is -0.379 e. The van der Waals surface area contributed by atoms with E-state index >= 15 is 0 Å². The number of hydrogen-bond acceptors (Lipinski definition) is 3. The largest absolute Gasteiger partial charge is 0.379 e. The SMILES string of the molecule is NC(=S)Nc1ccc(CN2CCOCC2)cc1. The molecule has 3 N–H and O–H groups in total. The molecule has 5 heteroatoms. The molecule has 92 valence electrons. The molecule has 0 radical (unpaired) electrons. The summed E-state index contributed by atoms with van der Waals surface area (Å²) in [4.78, 5) is 2.39. The first-order valence-electron chi connectivity index (χ1n) is 5.69. The van der Waals surface area contributed by atoms with E-state index in [0.29, 0.717) is 5.11 Å². The predicted molar refractivity (Wildman–Crippen MR) is 72.9 cm³/mol. The van der Waals surface area contributed by atoms with E-state index in [-0.39, 0.29) is 0 Å². The number of thiocarbonyl (C=S) groups is 1. The maximum absolute atomic E-state index is 5.41. The molecule has 0 spiro atoms. The number of ether oxygens (including phenoxy) is 1. The number of hydrogen-bond donors (Lipinski definition) is 2. The van der Waals surface area contributed by atoms with Crippen LogP contribution in [0.15, 0.2) is 24.3 Å². The normalized spacial score (nSPS) is 16.7. The average Bonchev–Trinajstić information content (AvgIpc) is 2.32. The summed E-state index contributed by atoms with van der Waals surface area (Å²) < 4.78 is 5.32. The van der Waals surface area contributed by atoms with Gasteiger partial charge in [-0.05, 0) is 29.9 Å². The molecule has 2 rings (SSSR count). The van der Waals surface area contributed by atoms with Crippen molar-refractivity contribution >= 4 is 23.0 Å². The van der Waals surface area contributed by atoms with Gasteiger partial charge in [0.25, 0.3) is 0 Å². The van der Waals surface area contributed by atoms with Gasteiger partial charge in [0, 0.05) is 25.3 Å². The van der Waals surface area contributed by atoms with Crippen LogP contribution in [0.5, 0.6) is 0 Å². The third-order valence-corrected chi connectivity index (χ3v) is 2.83. The summed E-state index contributed by atoms with van der Waals surface area (Å²) in [6.45, 7) is 4.65. The topological polar surface area (TPSA) is 50.5 Å². The molecule has 0 aromatic heterocycles. The Bertz CT molecular complexity index is 374. The fourth-order valence-electron chi connectivity index (χ4n) is 1.85. The Morgan fingerprint density at radius 2 is 1.94 bits per heavy atom. The Labute approximate surface area is 107 Å². The van der Waals surface area contributed by atoms with Crippen molar-refractivity contribution in [3.8, 4) is 0 Å². The summed E-state index contributed by atoms with van der Waals surface area (Å²) in [6, 6.07) is 8.18. The summed E-state index contributed by atoms with van der Waals surface area (Å²) in [5, 5.41) is 3.21. The summed E-state index contributed by atoms with van der Waals surface area (Å²) in [5.41, 5.74) is 7.64. The molecule has 1 fully saturated rings. The second-order valence-corrected chi connectivity index (χ2v) is 4.51. The Hall–Kier alpha value is -1.17. The van der Waals surface area contributed by atoms with Gasteiger partial charge in [-0.3, -0.25) is 4.90 Å². The molecule has 0 bridgehead atoms. The smallest absolute Gasteiger partial charge is 0.168 e. The lowest BCUT2D eigenvalue weighted by Crippen LogP contribution is -2.35. The number of anilines is 1. The lowest BCUT2D eigenvalue weighted by Gasteiger charge is -2.26. The summed E-state index contributed by atoms with van der Waals surface area (Å²) in [5.74, 6) is 0. The minimum atomic E-state index is 0.297. The van der Waals surface area contributed by atoms with E-state index in [2.05, 4.69) is 22.3 Å². The number of rotatable bonds is 3. The molecule has 0 amide bonds. The number of morpholine rings is 1. The van der Waals surface area contributed by atoms with E-state index < -0.39 is 0 Å². The van der Waals surface area contributed by atoms with Crippen molar-refractivity contribution in [3.63, 3.8) is 0 Å². The highest BCUT2D eigenvalue weighted by Gasteiger charge is 2.10. The molecule has 0 atom stereocenters. The van der Waals surface area contributed by atoms with E-state index in [1.54, 1.807) is 0 Å². The van der Waals surface area contributed by atoms with Gasteiger partial charge in [0.2, 0.25) is 0 Å². The van der Waals surface area contributed by atoms with Gasteiger partial charge in [-0.25, -0.2) is 0 Å². The van der Waals surface area contributed by atoms with Gasteiger partial charge in [-0.15, -0.1) is 0 Å². The fraction of sp³-hybridized carbons (Fsp3) is 0.417. The summed E-state index contributed by atoms with van der Waals surface area (Å²) in [7, 11) is 0. The zero-order valence-electron chi connectivity index (χ0n) is 9.69. The van der Waals surface area contributed by atoms with Crippen LogP contribution in [0.25, 0.3) is 0 Å². The van der Waals surface area contributed by atoms with Crippen LogP contribution in [0, 0.1) is 0 Å². The van der Waals surface area contributed by atoms with Gasteiger partial charge in [0.15, 0.2) is 5.11 Å². The van der Waals surface area contributed by atoms with Crippen LogP contribution >= 0.6 is 12.2 Å². The zero-order chi connectivity index (χ0) is 12.1. The highest BCUT2D eigenvalue weighted by atomic mass is 32.1. The van der Waals surface area contributed by atoms with Crippen LogP contribution in [0.4, 0.5) is 5.69 Å². The molecule has 1 heterocycles. The van der Waals surface area contributed by atoms with Crippen molar-refractivity contribution in [3.05, 3.63) is 29.8 Å². The molecule has 1 aliphatic heterocycles. The van der Waals surface area contributed by atoms with Crippen molar-refractivity contribution in [1.82, 2.24) is 4.90 Å². The molecule has 1 aromatic rings. The second-order valence-electron chi connectivity index (χ2n) is 4.07. The quantitative estimate of drug-likeness (QED) is 0.790. The van der Waals surface area contributed by atoms with Crippen molar-refractivity contribution in [2.24, 2.45) is 5.73 Å². The number of nitrogens with two attached hydrogens (primary N) is 1. The molecule has 1 aliphatic rings. The Morgan fingerprint density at radius 1 is 1.29 bits per heavy atom. The Kier molecular flexibility index (Phi) is 4.30. The third kappa shape index (κ3) is 3.96. The second kappa shape index (κ2) is 5.95. The minimum absolute atomic E-state index is 0.297. The van der Waals surface area contributed by atoms with E-state index in [1.807, 2.05) is 12.1 Å². The average molecular weight is 251 g/mol. The lowest BCUT2D eigenvalue weighted by molar-refractivity contribution is 0.0342. The first-order valence-corrected chi connectivity index (χ1v) is 6.10. The maximum atomic E-state index is 5.41. The van der Waals surface area contributed by atoms with E-state index in [0.717, 1.165) is 38.5 Å². The number of nitrogens with one attached hydrogen (secondary N) is 1. The molecule has 0 aliphatic carbocycles. The predicted octanol–water partition coefficient (Wildman–Crippen LogP) is 1.17. The molecule has 4 nitrogen and oxygen atoms in total. The number of benzene rings is 1. The van der Waals surface area contributed by atoms with Crippen LogP contribution < -0.4 is 11.1 Å². The van der Waals surface area contributed by atoms with Gasteiger partial charge in [0.1, 0.15) is 0 Å². The van der Waals surface area contributed by atoms with E-state index in [9.17, 15) is 0 Å². The monoisotopic (exact) mass is 251 g/mol. The van der Waals surface area contributed by atoms with E-state index in [4.69, 9.17) is 22.7 Å². The summed E-state index contributed by atoms with van der Waals surface area (Å²) in [6.07, 6.45) is 0. The first kappa shape index (κ1) is 12.3. The van der Waals surface area contributed by atoms with Crippen molar-refractivity contribution in [2.45, 2.75) is 6.54 Å². The molecular formula is C12H17N3OS. The molecule has 0 saturated carbocycles. The van der Waals surface area contributed by atoms with Crippen LogP contribution in [-0.2, 0) is 11.3 Å². The van der Waals surface area contributed by atoms with Crippen molar-refractivity contribution in [1.29, 1.82) is 0 Å². The highest BCUT2D eigenvalue weighted by Crippen LogP contribution is 2.12. The number of nitrogens with zero attached hydrogens (tertiary/aromatic N) is 1. The van der Waals surface area contributed by atoms with Crippen LogP contribution in [-0.4, -0.2) is 36.3 Å². The van der Waals surface area contributed by atoms with Gasteiger partial charge >= 0.3 is 0 Å².